The van der Waals surface area contributed by atoms with Crippen molar-refractivity contribution in [3.63, 3.8) is 0 Å². The summed E-state index contributed by atoms with van der Waals surface area (Å²) < 4.78 is 0. The zero-order chi connectivity index (χ0) is 11.8. The summed E-state index contributed by atoms with van der Waals surface area (Å²) in [6.45, 7) is 9.66. The van der Waals surface area contributed by atoms with Crippen molar-refractivity contribution >= 4 is 0 Å². The summed E-state index contributed by atoms with van der Waals surface area (Å²) in [7, 11) is 0. The Kier molecular flexibility index (Phi) is 3.28. The van der Waals surface area contributed by atoms with Crippen LogP contribution in [0.4, 0.5) is 0 Å². The number of hydrogen-bond donors (Lipinski definition) is 0. The van der Waals surface area contributed by atoms with E-state index in [0.29, 0.717) is 5.41 Å². The van der Waals surface area contributed by atoms with E-state index in [1.807, 2.05) is 0 Å². The molecule has 2 aliphatic carbocycles. The van der Waals surface area contributed by atoms with Crippen molar-refractivity contribution in [3.05, 3.63) is 23.3 Å². The highest BCUT2D eigenvalue weighted by Gasteiger charge is 2.42. The van der Waals surface area contributed by atoms with Gasteiger partial charge in [-0.05, 0) is 54.9 Å². The lowest BCUT2D eigenvalue weighted by molar-refractivity contribution is 0.136. The normalized spacial score (nSPS) is 24.1. The summed E-state index contributed by atoms with van der Waals surface area (Å²) in [5, 5.41) is 0. The number of hydrogen-bond acceptors (Lipinski definition) is 0. The highest BCUT2D eigenvalue weighted by atomic mass is 14.5. The van der Waals surface area contributed by atoms with E-state index in [2.05, 4.69) is 39.8 Å². The maximum Gasteiger partial charge on any atom is -0.000150 e. The molecule has 0 unspecified atom stereocenters. The van der Waals surface area contributed by atoms with Gasteiger partial charge in [0.1, 0.15) is 0 Å². The van der Waals surface area contributed by atoms with Crippen molar-refractivity contribution in [3.8, 4) is 0 Å². The van der Waals surface area contributed by atoms with Gasteiger partial charge in [-0.2, -0.15) is 0 Å². The lowest BCUT2D eigenvalue weighted by Gasteiger charge is -2.47. The zero-order valence-electron chi connectivity index (χ0n) is 11.3. The summed E-state index contributed by atoms with van der Waals surface area (Å²) in [6.07, 6.45) is 11.6. The molecule has 0 heteroatoms. The molecule has 0 N–H and O–H groups in total. The van der Waals surface area contributed by atoms with Crippen LogP contribution in [0.25, 0.3) is 0 Å². The molecule has 0 heterocycles. The van der Waals surface area contributed by atoms with E-state index in [-0.39, 0.29) is 0 Å². The van der Waals surface area contributed by atoms with Crippen LogP contribution < -0.4 is 0 Å². The van der Waals surface area contributed by atoms with Gasteiger partial charge >= 0.3 is 0 Å². The first-order valence-corrected chi connectivity index (χ1v) is 6.98. The molecule has 0 saturated heterocycles. The Morgan fingerprint density at radius 3 is 2.38 bits per heavy atom. The van der Waals surface area contributed by atoms with Gasteiger partial charge in [0.25, 0.3) is 0 Å². The third kappa shape index (κ3) is 1.67. The summed E-state index contributed by atoms with van der Waals surface area (Å²) in [5.74, 6) is 1.53. The molecule has 2 rings (SSSR count). The molecule has 2 aliphatic rings. The average molecular weight is 218 g/mol. The van der Waals surface area contributed by atoms with Gasteiger partial charge in [-0.1, -0.05) is 45.4 Å². The first kappa shape index (κ1) is 12.0. The first-order chi connectivity index (χ1) is 7.59. The highest BCUT2D eigenvalue weighted by molar-refractivity contribution is 5.38. The molecular formula is C16H26. The van der Waals surface area contributed by atoms with E-state index in [0.717, 1.165) is 11.8 Å². The van der Waals surface area contributed by atoms with E-state index in [1.165, 1.54) is 32.1 Å². The standard InChI is InChI=1S/C16H26/c1-12(2)16(13(3)4)11-7-9-14-8-5-6-10-15(14)16/h6,10,12-13H,5,7-9,11H2,1-4H3. The Morgan fingerprint density at radius 1 is 1.06 bits per heavy atom. The van der Waals surface area contributed by atoms with Crippen molar-refractivity contribution in [2.75, 3.05) is 0 Å². The third-order valence-corrected chi connectivity index (χ3v) is 4.91. The van der Waals surface area contributed by atoms with Gasteiger partial charge in [0, 0.05) is 0 Å². The maximum absolute atomic E-state index is 2.46. The molecule has 0 bridgehead atoms. The van der Waals surface area contributed by atoms with Crippen LogP contribution in [0.2, 0.25) is 0 Å². The SMILES string of the molecule is CC(C)C1(C(C)C)CCCC2=C1C=CCC2. The van der Waals surface area contributed by atoms with Crippen LogP contribution in [0.15, 0.2) is 23.3 Å². The van der Waals surface area contributed by atoms with Gasteiger partial charge in [-0.15, -0.1) is 0 Å². The average Bonchev–Trinajstić information content (AvgIpc) is 2.27. The second-order valence-corrected chi connectivity index (χ2v) is 6.16. The highest BCUT2D eigenvalue weighted by Crippen LogP contribution is 2.53. The number of rotatable bonds is 2. The fourth-order valence-corrected chi connectivity index (χ4v) is 4.05. The maximum atomic E-state index is 2.46. The summed E-state index contributed by atoms with van der Waals surface area (Å²) >= 11 is 0. The molecule has 0 aliphatic heterocycles. The van der Waals surface area contributed by atoms with E-state index >= 15 is 0 Å². The first-order valence-electron chi connectivity index (χ1n) is 6.98. The van der Waals surface area contributed by atoms with Crippen molar-refractivity contribution in [2.24, 2.45) is 17.3 Å². The van der Waals surface area contributed by atoms with Crippen LogP contribution >= 0.6 is 0 Å². The van der Waals surface area contributed by atoms with E-state index in [1.54, 1.807) is 11.1 Å². The summed E-state index contributed by atoms with van der Waals surface area (Å²) in [5.41, 5.74) is 3.95. The molecule has 0 aromatic carbocycles. The van der Waals surface area contributed by atoms with Crippen LogP contribution in [0, 0.1) is 17.3 Å². The van der Waals surface area contributed by atoms with E-state index in [9.17, 15) is 0 Å². The Hall–Kier alpha value is -0.520. The van der Waals surface area contributed by atoms with Gasteiger partial charge in [0.15, 0.2) is 0 Å². The lowest BCUT2D eigenvalue weighted by Crippen LogP contribution is -2.38. The van der Waals surface area contributed by atoms with E-state index < -0.39 is 0 Å². The molecule has 0 amide bonds. The molecule has 90 valence electrons. The summed E-state index contributed by atoms with van der Waals surface area (Å²) in [4.78, 5) is 0. The zero-order valence-corrected chi connectivity index (χ0v) is 11.3. The quantitative estimate of drug-likeness (QED) is 0.604. The van der Waals surface area contributed by atoms with Crippen molar-refractivity contribution in [2.45, 2.75) is 59.8 Å². The molecule has 0 aromatic heterocycles. The Balaban J connectivity index is 2.48. The fraction of sp³-hybridized carbons (Fsp3) is 0.750. The van der Waals surface area contributed by atoms with Crippen molar-refractivity contribution in [1.82, 2.24) is 0 Å². The minimum absolute atomic E-state index is 0.463. The van der Waals surface area contributed by atoms with E-state index in [4.69, 9.17) is 0 Å². The Morgan fingerprint density at radius 2 is 1.75 bits per heavy atom. The Bertz CT molecular complexity index is 307. The third-order valence-electron chi connectivity index (χ3n) is 4.91. The second kappa shape index (κ2) is 4.39. The lowest BCUT2D eigenvalue weighted by atomic mass is 9.57. The molecule has 0 saturated carbocycles. The predicted molar refractivity (Wildman–Crippen MR) is 71.4 cm³/mol. The van der Waals surface area contributed by atoms with Gasteiger partial charge in [0.05, 0.1) is 0 Å². The molecule has 0 radical (unpaired) electrons. The smallest absolute Gasteiger partial charge is 0.000150 e. The van der Waals surface area contributed by atoms with Crippen LogP contribution in [0.3, 0.4) is 0 Å². The van der Waals surface area contributed by atoms with Gasteiger partial charge in [0.2, 0.25) is 0 Å². The van der Waals surface area contributed by atoms with Crippen molar-refractivity contribution < 1.29 is 0 Å². The van der Waals surface area contributed by atoms with Gasteiger partial charge in [-0.3, -0.25) is 0 Å². The molecule has 0 spiro atoms. The van der Waals surface area contributed by atoms with Crippen LogP contribution in [0.5, 0.6) is 0 Å². The predicted octanol–water partition coefficient (Wildman–Crippen LogP) is 5.12. The molecule has 0 atom stereocenters. The Labute approximate surface area is 101 Å². The number of allylic oxidation sites excluding steroid dienone is 4. The fourth-order valence-electron chi connectivity index (χ4n) is 4.05. The second-order valence-electron chi connectivity index (χ2n) is 6.16. The van der Waals surface area contributed by atoms with Gasteiger partial charge in [-0.25, -0.2) is 0 Å². The van der Waals surface area contributed by atoms with Crippen LogP contribution in [-0.4, -0.2) is 0 Å². The molecule has 16 heavy (non-hydrogen) atoms. The molecule has 0 nitrogen and oxygen atoms in total. The van der Waals surface area contributed by atoms with Crippen LogP contribution in [-0.2, 0) is 0 Å². The molecule has 0 aromatic rings. The molecular weight excluding hydrogens is 192 g/mol. The minimum atomic E-state index is 0.463. The minimum Gasteiger partial charge on any atom is -0.0839 e. The van der Waals surface area contributed by atoms with Gasteiger partial charge < -0.3 is 0 Å². The topological polar surface area (TPSA) is 0 Å². The monoisotopic (exact) mass is 218 g/mol. The largest absolute Gasteiger partial charge is 0.0839 e. The van der Waals surface area contributed by atoms with Crippen molar-refractivity contribution in [1.29, 1.82) is 0 Å². The molecule has 0 fully saturated rings. The summed E-state index contributed by atoms with van der Waals surface area (Å²) in [6, 6.07) is 0. The van der Waals surface area contributed by atoms with Crippen LogP contribution in [0.1, 0.15) is 59.8 Å².